The van der Waals surface area contributed by atoms with E-state index in [9.17, 15) is 4.79 Å². The normalized spacial score (nSPS) is 24.4. The van der Waals surface area contributed by atoms with Gasteiger partial charge in [0.2, 0.25) is 0 Å². The fourth-order valence-electron chi connectivity index (χ4n) is 5.15. The number of hydrogen-bond acceptors (Lipinski definition) is 5. The second-order valence-corrected chi connectivity index (χ2v) is 26.9. The van der Waals surface area contributed by atoms with Gasteiger partial charge in [-0.1, -0.05) is 44.8 Å². The zero-order valence-electron chi connectivity index (χ0n) is 25.4. The van der Waals surface area contributed by atoms with Crippen molar-refractivity contribution in [2.24, 2.45) is 11.8 Å². The summed E-state index contributed by atoms with van der Waals surface area (Å²) in [6.07, 6.45) is 14.5. The maximum atomic E-state index is 11.7. The Morgan fingerprint density at radius 3 is 2.00 bits per heavy atom. The molecule has 8 heteroatoms. The summed E-state index contributed by atoms with van der Waals surface area (Å²) in [4.78, 5) is 11.7. The molecule has 0 saturated heterocycles. The molecule has 1 aliphatic rings. The van der Waals surface area contributed by atoms with E-state index < -0.39 is 25.0 Å². The molecular weight excluding hydrogens is 501 g/mol. The van der Waals surface area contributed by atoms with Crippen LogP contribution in [0.1, 0.15) is 64.7 Å². The molecule has 0 radical (unpaired) electrons. The van der Waals surface area contributed by atoms with Crippen LogP contribution < -0.4 is 0 Å². The molecule has 5 unspecified atom stereocenters. The summed E-state index contributed by atoms with van der Waals surface area (Å²) in [5.41, 5.74) is 0. The van der Waals surface area contributed by atoms with E-state index in [1.807, 2.05) is 0 Å². The van der Waals surface area contributed by atoms with E-state index >= 15 is 0 Å². The van der Waals surface area contributed by atoms with E-state index in [0.717, 1.165) is 32.1 Å². The Morgan fingerprint density at radius 2 is 1.47 bits per heavy atom. The van der Waals surface area contributed by atoms with Gasteiger partial charge in [0.25, 0.3) is 0 Å². The lowest BCUT2D eigenvalue weighted by molar-refractivity contribution is -0.140. The summed E-state index contributed by atoms with van der Waals surface area (Å²) in [6, 6.07) is 0. The van der Waals surface area contributed by atoms with Crippen LogP contribution in [0.2, 0.25) is 58.9 Å². The summed E-state index contributed by atoms with van der Waals surface area (Å²) < 4.78 is 25.0. The minimum absolute atomic E-state index is 0.119. The van der Waals surface area contributed by atoms with Crippen LogP contribution in [0, 0.1) is 11.8 Å². The summed E-state index contributed by atoms with van der Waals surface area (Å²) in [5, 5.41) is 0. The van der Waals surface area contributed by atoms with Gasteiger partial charge in [0.1, 0.15) is 0 Å². The second-order valence-electron chi connectivity index (χ2n) is 13.5. The summed E-state index contributed by atoms with van der Waals surface area (Å²) in [5.74, 6) is 0.594. The Balaban J connectivity index is 3.19. The van der Waals surface area contributed by atoms with Crippen molar-refractivity contribution >= 4 is 30.9 Å². The number of methoxy groups -OCH3 is 1. The minimum Gasteiger partial charge on any atom is -0.469 e. The molecule has 0 aromatic heterocycles. The lowest BCUT2D eigenvalue weighted by atomic mass is 9.88. The molecule has 0 bridgehead atoms. The molecule has 212 valence electrons. The number of rotatable bonds is 17. The van der Waals surface area contributed by atoms with E-state index in [1.165, 1.54) is 26.4 Å². The summed E-state index contributed by atoms with van der Waals surface area (Å²) >= 11 is 0. The Hall–Kier alpha value is -0.259. The molecule has 1 fully saturated rings. The first-order valence-electron chi connectivity index (χ1n) is 14.3. The molecule has 0 heterocycles. The van der Waals surface area contributed by atoms with E-state index in [2.05, 4.69) is 78.0 Å². The molecule has 1 rings (SSSR count). The molecular formula is C28H58O5Si3. The lowest BCUT2D eigenvalue weighted by Crippen LogP contribution is -2.35. The van der Waals surface area contributed by atoms with Crippen LogP contribution in [0.4, 0.5) is 0 Å². The largest absolute Gasteiger partial charge is 0.469 e. The van der Waals surface area contributed by atoms with Crippen molar-refractivity contribution in [1.82, 2.24) is 0 Å². The van der Waals surface area contributed by atoms with Gasteiger partial charge in [0, 0.05) is 12.3 Å². The first-order valence-corrected chi connectivity index (χ1v) is 24.6. The molecule has 0 N–H and O–H groups in total. The van der Waals surface area contributed by atoms with Crippen molar-refractivity contribution in [3.8, 4) is 0 Å². The highest BCUT2D eigenvalue weighted by Gasteiger charge is 2.45. The predicted octanol–water partition coefficient (Wildman–Crippen LogP) is 8.15. The fraction of sp³-hybridized carbons (Fsp3) is 0.893. The van der Waals surface area contributed by atoms with Gasteiger partial charge in [-0.25, -0.2) is 0 Å². The molecule has 0 aromatic carbocycles. The minimum atomic E-state index is -1.72. The van der Waals surface area contributed by atoms with Crippen LogP contribution in [-0.4, -0.2) is 56.3 Å². The van der Waals surface area contributed by atoms with E-state index in [-0.39, 0.29) is 24.3 Å². The maximum absolute atomic E-state index is 11.7. The Bertz CT molecular complexity index is 664. The Labute approximate surface area is 226 Å². The van der Waals surface area contributed by atoms with Gasteiger partial charge >= 0.3 is 5.97 Å². The van der Waals surface area contributed by atoms with E-state index in [4.69, 9.17) is 18.0 Å². The third-order valence-corrected chi connectivity index (χ3v) is 9.45. The van der Waals surface area contributed by atoms with Gasteiger partial charge in [-0.15, -0.1) is 0 Å². The SMILES string of the molecule is CCCCCC(/C=C/C1C(O[Si](C)(C)C)CC(O[Si](C)(C)C)C1CCCCC(=O)OC)O[Si](C)(C)C. The van der Waals surface area contributed by atoms with Crippen molar-refractivity contribution in [2.75, 3.05) is 7.11 Å². The Kier molecular flexibility index (Phi) is 14.4. The van der Waals surface area contributed by atoms with Crippen molar-refractivity contribution in [3.05, 3.63) is 12.2 Å². The highest BCUT2D eigenvalue weighted by molar-refractivity contribution is 6.70. The first kappa shape index (κ1) is 33.8. The van der Waals surface area contributed by atoms with Crippen molar-refractivity contribution in [1.29, 1.82) is 0 Å². The Morgan fingerprint density at radius 1 is 0.861 bits per heavy atom. The van der Waals surface area contributed by atoms with Gasteiger partial charge in [-0.2, -0.15) is 0 Å². The number of esters is 1. The third kappa shape index (κ3) is 14.6. The van der Waals surface area contributed by atoms with Crippen molar-refractivity contribution in [3.63, 3.8) is 0 Å². The van der Waals surface area contributed by atoms with Gasteiger partial charge in [0.15, 0.2) is 25.0 Å². The average molecular weight is 559 g/mol. The molecule has 0 spiro atoms. The predicted molar refractivity (Wildman–Crippen MR) is 160 cm³/mol. The molecule has 5 nitrogen and oxygen atoms in total. The molecule has 36 heavy (non-hydrogen) atoms. The molecule has 1 saturated carbocycles. The first-order chi connectivity index (χ1) is 16.5. The monoisotopic (exact) mass is 558 g/mol. The molecule has 1 aliphatic carbocycles. The number of carbonyl (C=O) groups is 1. The van der Waals surface area contributed by atoms with Crippen LogP contribution in [0.25, 0.3) is 0 Å². The molecule has 0 amide bonds. The zero-order valence-corrected chi connectivity index (χ0v) is 28.4. The van der Waals surface area contributed by atoms with Crippen LogP contribution in [-0.2, 0) is 22.8 Å². The highest BCUT2D eigenvalue weighted by atomic mass is 28.4. The molecule has 0 aliphatic heterocycles. The van der Waals surface area contributed by atoms with Gasteiger partial charge < -0.3 is 18.0 Å². The topological polar surface area (TPSA) is 54.0 Å². The smallest absolute Gasteiger partial charge is 0.305 e. The summed E-state index contributed by atoms with van der Waals surface area (Å²) in [7, 11) is -3.62. The van der Waals surface area contributed by atoms with Gasteiger partial charge in [-0.3, -0.25) is 4.79 Å². The number of carbonyl (C=O) groups excluding carboxylic acids is 1. The fourth-order valence-corrected chi connectivity index (χ4v) is 8.59. The molecule has 0 aromatic rings. The maximum Gasteiger partial charge on any atom is 0.305 e. The lowest BCUT2D eigenvalue weighted by Gasteiger charge is -2.31. The highest BCUT2D eigenvalue weighted by Crippen LogP contribution is 2.42. The quantitative estimate of drug-likeness (QED) is 0.0780. The second kappa shape index (κ2) is 15.4. The van der Waals surface area contributed by atoms with Crippen LogP contribution in [0.15, 0.2) is 12.2 Å². The third-order valence-electron chi connectivity index (χ3n) is 6.42. The zero-order chi connectivity index (χ0) is 27.6. The van der Waals surface area contributed by atoms with Crippen LogP contribution in [0.5, 0.6) is 0 Å². The van der Waals surface area contributed by atoms with Crippen molar-refractivity contribution < 1.29 is 22.8 Å². The van der Waals surface area contributed by atoms with E-state index in [1.54, 1.807) is 0 Å². The van der Waals surface area contributed by atoms with Gasteiger partial charge in [0.05, 0.1) is 25.4 Å². The van der Waals surface area contributed by atoms with Gasteiger partial charge in [-0.05, 0) is 90.5 Å². The number of unbranched alkanes of at least 4 members (excludes halogenated alkanes) is 3. The molecule has 5 atom stereocenters. The average Bonchev–Trinajstić information content (AvgIpc) is 3.00. The summed E-state index contributed by atoms with van der Waals surface area (Å²) in [6.45, 7) is 22.8. The van der Waals surface area contributed by atoms with Crippen LogP contribution >= 0.6 is 0 Å². The number of hydrogen-bond donors (Lipinski definition) is 0. The van der Waals surface area contributed by atoms with E-state index in [0.29, 0.717) is 18.3 Å². The standard InChI is InChI=1S/C28H58O5Si3/c1-12-13-14-17-23(31-34(3,4)5)20-21-25-24(18-15-16-19-28(29)30-2)26(32-35(6,7)8)22-27(25)33-36(9,10)11/h20-21,23-27H,12-19,22H2,1-11H3/b21-20+. The number of ether oxygens (including phenoxy) is 1. The van der Waals surface area contributed by atoms with Crippen molar-refractivity contribution in [2.45, 2.75) is 142 Å². The van der Waals surface area contributed by atoms with Crippen LogP contribution in [0.3, 0.4) is 0 Å².